The molecular weight excluding hydrogens is 254 g/mol. The van der Waals surface area contributed by atoms with Crippen LogP contribution in [0.4, 0.5) is 11.4 Å². The molecule has 6 heteroatoms. The minimum atomic E-state index is -0.265. The highest BCUT2D eigenvalue weighted by Gasteiger charge is 2.19. The molecule has 6 nitrogen and oxygen atoms in total. The average Bonchev–Trinajstić information content (AvgIpc) is 2.68. The van der Waals surface area contributed by atoms with E-state index >= 15 is 0 Å². The van der Waals surface area contributed by atoms with Crippen molar-refractivity contribution in [1.82, 2.24) is 14.8 Å². The molecule has 0 aromatic carbocycles. The zero-order valence-corrected chi connectivity index (χ0v) is 12.2. The van der Waals surface area contributed by atoms with Crippen molar-refractivity contribution in [2.24, 2.45) is 0 Å². The van der Waals surface area contributed by atoms with E-state index < -0.39 is 0 Å². The number of nitrogen functional groups attached to an aromatic ring is 1. The molecule has 0 fully saturated rings. The number of rotatable bonds is 3. The Bertz CT molecular complexity index is 660. The monoisotopic (exact) mass is 273 g/mol. The number of nitrogens with two attached hydrogens (primary N) is 1. The number of nitrogens with one attached hydrogen (secondary N) is 1. The van der Waals surface area contributed by atoms with Gasteiger partial charge in [0.2, 0.25) is 0 Å². The fourth-order valence-electron chi connectivity index (χ4n) is 2.06. The van der Waals surface area contributed by atoms with Crippen molar-refractivity contribution >= 4 is 17.3 Å². The molecule has 2 rings (SSSR count). The number of carbonyl (C=O) groups excluding carboxylic acids is 1. The van der Waals surface area contributed by atoms with Crippen LogP contribution in [0.1, 0.15) is 34.5 Å². The maximum atomic E-state index is 12.4. The average molecular weight is 273 g/mol. The fraction of sp³-hybridized carbons (Fsp3) is 0.357. The predicted octanol–water partition coefficient (Wildman–Crippen LogP) is 2.06. The molecule has 0 aliphatic heterocycles. The number of nitrogens with zero attached hydrogens (tertiary/aromatic N) is 3. The zero-order chi connectivity index (χ0) is 14.9. The highest BCUT2D eigenvalue weighted by Crippen LogP contribution is 2.19. The van der Waals surface area contributed by atoms with E-state index in [-0.39, 0.29) is 5.91 Å². The lowest BCUT2D eigenvalue weighted by Crippen LogP contribution is -2.19. The molecule has 2 aromatic rings. The molecule has 0 radical (unpaired) electrons. The number of aromatic nitrogens is 3. The maximum absolute atomic E-state index is 12.4. The number of carbonyl (C=O) groups is 1. The summed E-state index contributed by atoms with van der Waals surface area (Å²) < 4.78 is 1.61. The van der Waals surface area contributed by atoms with Crippen LogP contribution in [0.2, 0.25) is 0 Å². The number of amides is 1. The number of aryl methyl sites for hydroxylation is 4. The third-order valence-electron chi connectivity index (χ3n) is 3.16. The molecule has 0 aliphatic carbocycles. The topological polar surface area (TPSA) is 85.8 Å². The van der Waals surface area contributed by atoms with Gasteiger partial charge < -0.3 is 11.1 Å². The molecule has 0 bridgehead atoms. The summed E-state index contributed by atoms with van der Waals surface area (Å²) in [5, 5.41) is 7.08. The lowest BCUT2D eigenvalue weighted by molar-refractivity contribution is 0.101. The van der Waals surface area contributed by atoms with E-state index in [0.29, 0.717) is 29.3 Å². The molecule has 0 saturated carbocycles. The van der Waals surface area contributed by atoms with E-state index in [1.807, 2.05) is 32.9 Å². The van der Waals surface area contributed by atoms with Gasteiger partial charge in [0.15, 0.2) is 0 Å². The predicted molar refractivity (Wildman–Crippen MR) is 78.7 cm³/mol. The van der Waals surface area contributed by atoms with Gasteiger partial charge in [0.1, 0.15) is 5.69 Å². The molecule has 2 aromatic heterocycles. The van der Waals surface area contributed by atoms with Gasteiger partial charge in [0.25, 0.3) is 5.91 Å². The lowest BCUT2D eigenvalue weighted by Gasteiger charge is -2.10. The summed E-state index contributed by atoms with van der Waals surface area (Å²) in [6, 6.07) is 3.69. The Morgan fingerprint density at radius 2 is 2.00 bits per heavy atom. The quantitative estimate of drug-likeness (QED) is 0.896. The summed E-state index contributed by atoms with van der Waals surface area (Å²) in [4.78, 5) is 16.7. The molecule has 1 amide bonds. The second-order valence-electron chi connectivity index (χ2n) is 4.70. The highest BCUT2D eigenvalue weighted by atomic mass is 16.2. The molecule has 106 valence electrons. The molecular formula is C14H19N5O. The van der Waals surface area contributed by atoms with E-state index in [2.05, 4.69) is 15.4 Å². The fourth-order valence-corrected chi connectivity index (χ4v) is 2.06. The normalized spacial score (nSPS) is 10.6. The van der Waals surface area contributed by atoms with Crippen molar-refractivity contribution in [2.75, 3.05) is 11.1 Å². The van der Waals surface area contributed by atoms with Crippen molar-refractivity contribution in [3.05, 3.63) is 34.9 Å². The first-order valence-electron chi connectivity index (χ1n) is 6.52. The number of pyridine rings is 1. The highest BCUT2D eigenvalue weighted by molar-refractivity contribution is 6.07. The van der Waals surface area contributed by atoms with E-state index in [0.717, 1.165) is 11.4 Å². The number of hydrogen-bond acceptors (Lipinski definition) is 4. The maximum Gasteiger partial charge on any atom is 0.276 e. The molecule has 0 aliphatic rings. The van der Waals surface area contributed by atoms with Gasteiger partial charge >= 0.3 is 0 Å². The van der Waals surface area contributed by atoms with Gasteiger partial charge in [-0.05, 0) is 39.8 Å². The Morgan fingerprint density at radius 1 is 1.30 bits per heavy atom. The first-order chi connectivity index (χ1) is 9.43. The van der Waals surface area contributed by atoms with Crippen molar-refractivity contribution in [1.29, 1.82) is 0 Å². The molecule has 0 spiro atoms. The van der Waals surface area contributed by atoms with Crippen molar-refractivity contribution in [3.8, 4) is 0 Å². The van der Waals surface area contributed by atoms with Crippen LogP contribution >= 0.6 is 0 Å². The van der Waals surface area contributed by atoms with E-state index in [4.69, 9.17) is 5.73 Å². The summed E-state index contributed by atoms with van der Waals surface area (Å²) in [5.74, 6) is -0.265. The molecule has 0 atom stereocenters. The number of hydrogen-bond donors (Lipinski definition) is 2. The van der Waals surface area contributed by atoms with Gasteiger partial charge in [-0.1, -0.05) is 0 Å². The van der Waals surface area contributed by atoms with Gasteiger partial charge in [-0.15, -0.1) is 0 Å². The summed E-state index contributed by atoms with van der Waals surface area (Å²) >= 11 is 0. The molecule has 20 heavy (non-hydrogen) atoms. The Balaban J connectivity index is 2.33. The third-order valence-corrected chi connectivity index (χ3v) is 3.16. The van der Waals surface area contributed by atoms with Gasteiger partial charge in [-0.25, -0.2) is 0 Å². The van der Waals surface area contributed by atoms with Crippen molar-refractivity contribution in [3.63, 3.8) is 0 Å². The van der Waals surface area contributed by atoms with Gasteiger partial charge in [0.05, 0.1) is 22.8 Å². The Kier molecular flexibility index (Phi) is 3.74. The first kappa shape index (κ1) is 14.0. The standard InChI is InChI=1S/C14H19N5O/c1-5-19-13(12(15)10(4)18-19)14(20)17-11-7-6-8(2)16-9(11)3/h6-7H,5,15H2,1-4H3,(H,17,20). The van der Waals surface area contributed by atoms with E-state index in [1.54, 1.807) is 11.6 Å². The van der Waals surface area contributed by atoms with Gasteiger partial charge in [0, 0.05) is 12.2 Å². The van der Waals surface area contributed by atoms with Crippen LogP contribution in [-0.2, 0) is 6.54 Å². The number of anilines is 2. The summed E-state index contributed by atoms with van der Waals surface area (Å²) in [5.41, 5.74) is 9.78. The summed E-state index contributed by atoms with van der Waals surface area (Å²) in [6.45, 7) is 8.06. The Morgan fingerprint density at radius 3 is 2.60 bits per heavy atom. The van der Waals surface area contributed by atoms with E-state index in [1.165, 1.54) is 0 Å². The lowest BCUT2D eigenvalue weighted by atomic mass is 10.2. The minimum absolute atomic E-state index is 0.265. The first-order valence-corrected chi connectivity index (χ1v) is 6.52. The van der Waals surface area contributed by atoms with Gasteiger partial charge in [-0.3, -0.25) is 14.5 Å². The largest absolute Gasteiger partial charge is 0.395 e. The smallest absolute Gasteiger partial charge is 0.276 e. The van der Waals surface area contributed by atoms with E-state index in [9.17, 15) is 4.79 Å². The Hall–Kier alpha value is -2.37. The molecule has 2 heterocycles. The minimum Gasteiger partial charge on any atom is -0.395 e. The van der Waals surface area contributed by atoms with Crippen LogP contribution in [0.15, 0.2) is 12.1 Å². The van der Waals surface area contributed by atoms with Crippen LogP contribution in [0.5, 0.6) is 0 Å². The SMILES string of the molecule is CCn1nc(C)c(N)c1C(=O)Nc1ccc(C)nc1C. The molecule has 3 N–H and O–H groups in total. The van der Waals surface area contributed by atoms with Crippen LogP contribution in [0, 0.1) is 20.8 Å². The van der Waals surface area contributed by atoms with Crippen LogP contribution in [0.3, 0.4) is 0 Å². The molecule has 0 saturated heterocycles. The van der Waals surface area contributed by atoms with Crippen molar-refractivity contribution < 1.29 is 4.79 Å². The molecule has 0 unspecified atom stereocenters. The second kappa shape index (κ2) is 5.32. The van der Waals surface area contributed by atoms with Gasteiger partial charge in [-0.2, -0.15) is 5.10 Å². The third kappa shape index (κ3) is 2.49. The van der Waals surface area contributed by atoms with Crippen LogP contribution < -0.4 is 11.1 Å². The summed E-state index contributed by atoms with van der Waals surface area (Å²) in [6.07, 6.45) is 0. The summed E-state index contributed by atoms with van der Waals surface area (Å²) in [7, 11) is 0. The Labute approximate surface area is 118 Å². The van der Waals surface area contributed by atoms with Crippen molar-refractivity contribution in [2.45, 2.75) is 34.2 Å². The van der Waals surface area contributed by atoms with Crippen LogP contribution in [-0.4, -0.2) is 20.7 Å². The second-order valence-corrected chi connectivity index (χ2v) is 4.70. The van der Waals surface area contributed by atoms with Crippen LogP contribution in [0.25, 0.3) is 0 Å². The zero-order valence-electron chi connectivity index (χ0n) is 12.2.